The molecule has 0 radical (unpaired) electrons. The normalized spacial score (nSPS) is 9.17. The lowest BCUT2D eigenvalue weighted by Gasteiger charge is -2.08. The number of Topliss-reactive ketones (excluding diaryl/α,β-unsaturated/α-hetero) is 1. The highest BCUT2D eigenvalue weighted by molar-refractivity contribution is 5.86. The van der Waals surface area contributed by atoms with Gasteiger partial charge in [0.1, 0.15) is 5.78 Å². The summed E-state index contributed by atoms with van der Waals surface area (Å²) in [4.78, 5) is 15.8. The lowest BCUT2D eigenvalue weighted by atomic mass is 9.93. The van der Waals surface area contributed by atoms with Crippen molar-refractivity contribution < 1.29 is 4.79 Å². The van der Waals surface area contributed by atoms with E-state index in [-0.39, 0.29) is 41.0 Å². The maximum atomic E-state index is 12.4. The van der Waals surface area contributed by atoms with E-state index in [2.05, 4.69) is 4.85 Å². The first kappa shape index (κ1) is 16.4. The van der Waals surface area contributed by atoms with Crippen LogP contribution < -0.4 is 0 Å². The number of carbonyl (C=O) groups is 1. The minimum Gasteiger partial charge on any atom is -0.299 e. The van der Waals surface area contributed by atoms with Gasteiger partial charge in [0.15, 0.2) is 5.69 Å². The summed E-state index contributed by atoms with van der Waals surface area (Å²) >= 11 is 0. The molecule has 0 atom stereocenters. The third-order valence-electron chi connectivity index (χ3n) is 3.56. The number of hydrogen-bond donors (Lipinski definition) is 0. The second-order valence-corrected chi connectivity index (χ2v) is 4.97. The highest BCUT2D eigenvalue weighted by Gasteiger charge is 2.16. The molecule has 0 spiro atoms. The number of ketones is 1. The number of rotatable bonds is 4. The summed E-state index contributed by atoms with van der Waals surface area (Å²) in [6.45, 7) is 7.17. The molecule has 0 aromatic heterocycles. The molecule has 0 N–H and O–H groups in total. The molecule has 0 unspecified atom stereocenters. The molecular formula is C19H10N4O. The van der Waals surface area contributed by atoms with Crippen LogP contribution in [-0.2, 0) is 17.6 Å². The summed E-state index contributed by atoms with van der Waals surface area (Å²) in [5.41, 5.74) is 1.87. The third-order valence-corrected chi connectivity index (χ3v) is 3.56. The summed E-state index contributed by atoms with van der Waals surface area (Å²) in [5.74, 6) is -0.262. The summed E-state index contributed by atoms with van der Waals surface area (Å²) < 4.78 is 0. The molecule has 2 rings (SSSR count). The van der Waals surface area contributed by atoms with Crippen LogP contribution >= 0.6 is 0 Å². The highest BCUT2D eigenvalue weighted by atomic mass is 16.1. The van der Waals surface area contributed by atoms with Gasteiger partial charge >= 0.3 is 0 Å². The molecule has 2 aromatic rings. The van der Waals surface area contributed by atoms with Gasteiger partial charge in [-0.15, -0.1) is 0 Å². The Morgan fingerprint density at radius 3 is 1.83 bits per heavy atom. The molecule has 0 bridgehead atoms. The van der Waals surface area contributed by atoms with Crippen molar-refractivity contribution in [3.63, 3.8) is 0 Å². The molecule has 5 nitrogen and oxygen atoms in total. The van der Waals surface area contributed by atoms with Crippen molar-refractivity contribution >= 4 is 11.5 Å². The summed E-state index contributed by atoms with van der Waals surface area (Å²) in [7, 11) is 0. The zero-order valence-corrected chi connectivity index (χ0v) is 12.6. The van der Waals surface area contributed by atoms with E-state index >= 15 is 0 Å². The first-order chi connectivity index (χ1) is 11.6. The monoisotopic (exact) mass is 310 g/mol. The minimum atomic E-state index is -0.262. The average Bonchev–Trinajstić information content (AvgIpc) is 2.61. The van der Waals surface area contributed by atoms with E-state index in [0.29, 0.717) is 11.1 Å². The molecular weight excluding hydrogens is 300 g/mol. The second-order valence-electron chi connectivity index (χ2n) is 4.97. The van der Waals surface area contributed by atoms with Crippen LogP contribution in [0.15, 0.2) is 36.4 Å². The summed E-state index contributed by atoms with van der Waals surface area (Å²) in [6.07, 6.45) is -0.185. The second kappa shape index (κ2) is 7.37. The van der Waals surface area contributed by atoms with Crippen molar-refractivity contribution in [2.24, 2.45) is 0 Å². The predicted octanol–water partition coefficient (Wildman–Crippen LogP) is 3.21. The van der Waals surface area contributed by atoms with Gasteiger partial charge in [0.2, 0.25) is 0 Å². The van der Waals surface area contributed by atoms with E-state index in [1.54, 1.807) is 36.4 Å². The lowest BCUT2D eigenvalue weighted by Crippen LogP contribution is -2.10. The van der Waals surface area contributed by atoms with Gasteiger partial charge in [-0.05, 0) is 29.3 Å². The molecule has 0 saturated heterocycles. The first-order valence-electron chi connectivity index (χ1n) is 6.97. The van der Waals surface area contributed by atoms with Gasteiger partial charge in [-0.25, -0.2) is 4.85 Å². The van der Waals surface area contributed by atoms with Crippen LogP contribution in [0.1, 0.15) is 27.8 Å². The Morgan fingerprint density at radius 2 is 1.33 bits per heavy atom. The minimum absolute atomic E-state index is 0.0912. The molecule has 0 heterocycles. The molecule has 0 aliphatic rings. The van der Waals surface area contributed by atoms with Crippen LogP contribution in [0.5, 0.6) is 0 Å². The Labute approximate surface area is 139 Å². The van der Waals surface area contributed by atoms with E-state index in [4.69, 9.17) is 22.4 Å². The van der Waals surface area contributed by atoms with Gasteiger partial charge in [0, 0.05) is 18.4 Å². The molecule has 2 aromatic carbocycles. The largest absolute Gasteiger partial charge is 0.299 e. The maximum Gasteiger partial charge on any atom is 0.192 e. The zero-order valence-electron chi connectivity index (χ0n) is 12.6. The molecule has 0 saturated carbocycles. The van der Waals surface area contributed by atoms with Crippen LogP contribution in [0.2, 0.25) is 0 Å². The summed E-state index contributed by atoms with van der Waals surface area (Å²) in [5, 5.41) is 27.5. The van der Waals surface area contributed by atoms with Crippen LogP contribution in [0.3, 0.4) is 0 Å². The number of carbonyl (C=O) groups excluding carboxylic acids is 1. The van der Waals surface area contributed by atoms with Crippen LogP contribution in [0.4, 0.5) is 5.69 Å². The van der Waals surface area contributed by atoms with Gasteiger partial charge in [-0.3, -0.25) is 4.79 Å². The zero-order chi connectivity index (χ0) is 17.5. The fourth-order valence-corrected chi connectivity index (χ4v) is 2.41. The Balaban J connectivity index is 2.36. The summed E-state index contributed by atoms with van der Waals surface area (Å²) in [6, 6.07) is 15.3. The van der Waals surface area contributed by atoms with E-state index in [9.17, 15) is 4.79 Å². The van der Waals surface area contributed by atoms with Crippen molar-refractivity contribution in [3.05, 3.63) is 75.6 Å². The maximum absolute atomic E-state index is 12.4. The van der Waals surface area contributed by atoms with Crippen molar-refractivity contribution in [2.45, 2.75) is 12.8 Å². The molecule has 0 aliphatic heterocycles. The van der Waals surface area contributed by atoms with E-state index in [1.807, 2.05) is 18.2 Å². The van der Waals surface area contributed by atoms with Crippen LogP contribution in [-0.4, -0.2) is 5.78 Å². The van der Waals surface area contributed by atoms with E-state index in [0.717, 1.165) is 0 Å². The topological polar surface area (TPSA) is 92.8 Å². The molecule has 112 valence electrons. The average molecular weight is 310 g/mol. The van der Waals surface area contributed by atoms with Crippen LogP contribution in [0.25, 0.3) is 4.85 Å². The molecule has 24 heavy (non-hydrogen) atoms. The molecule has 0 fully saturated rings. The smallest absolute Gasteiger partial charge is 0.192 e. The van der Waals surface area contributed by atoms with Gasteiger partial charge in [-0.2, -0.15) is 15.8 Å². The number of nitrogens with zero attached hydrogens (tertiary/aromatic N) is 4. The lowest BCUT2D eigenvalue weighted by molar-refractivity contribution is -0.117. The molecule has 0 amide bonds. The quantitative estimate of drug-likeness (QED) is 0.810. The molecule has 5 heteroatoms. The van der Waals surface area contributed by atoms with E-state index < -0.39 is 0 Å². The fourth-order valence-electron chi connectivity index (χ4n) is 2.41. The van der Waals surface area contributed by atoms with Gasteiger partial charge in [0.05, 0.1) is 35.9 Å². The van der Waals surface area contributed by atoms with Crippen molar-refractivity contribution in [1.82, 2.24) is 0 Å². The molecule has 0 aliphatic carbocycles. The Morgan fingerprint density at radius 1 is 0.875 bits per heavy atom. The predicted molar refractivity (Wildman–Crippen MR) is 85.7 cm³/mol. The van der Waals surface area contributed by atoms with E-state index in [1.165, 1.54) is 0 Å². The standard InChI is InChI=1S/C19H10N4O/c1-23-19-7-3-6-15(12-22)18(19)9-16(24)8-17-13(10-20)4-2-5-14(17)11-21/h2-7H,8-9H2. The van der Waals surface area contributed by atoms with Gasteiger partial charge in [0.25, 0.3) is 0 Å². The number of hydrogen-bond acceptors (Lipinski definition) is 4. The van der Waals surface area contributed by atoms with Crippen molar-refractivity contribution in [3.8, 4) is 18.2 Å². The number of nitriles is 3. The highest BCUT2D eigenvalue weighted by Crippen LogP contribution is 2.24. The van der Waals surface area contributed by atoms with Gasteiger partial charge in [-0.1, -0.05) is 18.2 Å². The Kier molecular flexibility index (Phi) is 5.05. The van der Waals surface area contributed by atoms with Crippen molar-refractivity contribution in [1.29, 1.82) is 15.8 Å². The van der Waals surface area contributed by atoms with Gasteiger partial charge < -0.3 is 0 Å². The Bertz CT molecular complexity index is 834. The fraction of sp³-hybridized carbons (Fsp3) is 0.105. The first-order valence-corrected chi connectivity index (χ1v) is 6.97. The van der Waals surface area contributed by atoms with Crippen LogP contribution in [0, 0.1) is 40.6 Å². The number of benzene rings is 2. The Hall–Kier alpha value is -3.93. The SMILES string of the molecule is [C-]#[N+]c1cccc(C#N)c1CC(=O)Cc1c(C#N)cccc1C#N. The third kappa shape index (κ3) is 3.28. The van der Waals surface area contributed by atoms with Crippen molar-refractivity contribution in [2.75, 3.05) is 0 Å².